The Labute approximate surface area is 132 Å². The SMILES string of the molecule is O=C(Cn1c(=O)oc2ccccc21)N1C[C@H]2COC[C@@]2(CO)C1. The number of hydrogen-bond acceptors (Lipinski definition) is 5. The van der Waals surface area contributed by atoms with Crippen LogP contribution in [0.1, 0.15) is 0 Å². The molecular weight excluding hydrogens is 300 g/mol. The Morgan fingerprint density at radius 2 is 2.22 bits per heavy atom. The van der Waals surface area contributed by atoms with E-state index in [0.29, 0.717) is 37.4 Å². The van der Waals surface area contributed by atoms with Crippen molar-refractivity contribution in [1.82, 2.24) is 9.47 Å². The molecule has 2 fully saturated rings. The van der Waals surface area contributed by atoms with Crippen molar-refractivity contribution < 1.29 is 19.1 Å². The number of rotatable bonds is 3. The zero-order valence-electron chi connectivity index (χ0n) is 12.6. The highest BCUT2D eigenvalue weighted by Crippen LogP contribution is 2.40. The second-order valence-corrected chi connectivity index (χ2v) is 6.43. The Hall–Kier alpha value is -2.12. The van der Waals surface area contributed by atoms with Gasteiger partial charge in [0.25, 0.3) is 0 Å². The highest BCUT2D eigenvalue weighted by Gasteiger charge is 2.51. The Balaban J connectivity index is 1.57. The van der Waals surface area contributed by atoms with Crippen LogP contribution in [0, 0.1) is 11.3 Å². The van der Waals surface area contributed by atoms with Crippen molar-refractivity contribution in [3.8, 4) is 0 Å². The predicted octanol–water partition coefficient (Wildman–Crippen LogP) is 0.0618. The van der Waals surface area contributed by atoms with Crippen LogP contribution in [0.5, 0.6) is 0 Å². The molecule has 2 saturated heterocycles. The largest absolute Gasteiger partial charge is 0.420 e. The number of aliphatic hydroxyl groups excluding tert-OH is 1. The van der Waals surface area contributed by atoms with E-state index in [2.05, 4.69) is 0 Å². The summed E-state index contributed by atoms with van der Waals surface area (Å²) in [5.41, 5.74) is 0.744. The molecule has 3 heterocycles. The van der Waals surface area contributed by atoms with E-state index in [9.17, 15) is 14.7 Å². The Bertz CT molecular complexity index is 810. The first-order valence-electron chi connectivity index (χ1n) is 7.68. The smallest absolute Gasteiger partial charge is 0.408 e. The van der Waals surface area contributed by atoms with E-state index < -0.39 is 5.76 Å². The molecule has 23 heavy (non-hydrogen) atoms. The number of likely N-dealkylation sites (tertiary alicyclic amines) is 1. The van der Waals surface area contributed by atoms with Crippen LogP contribution in [0.3, 0.4) is 0 Å². The number of fused-ring (bicyclic) bond motifs is 2. The summed E-state index contributed by atoms with van der Waals surface area (Å²) in [4.78, 5) is 26.3. The van der Waals surface area contributed by atoms with Gasteiger partial charge in [-0.25, -0.2) is 4.79 Å². The molecule has 2 aliphatic rings. The molecule has 7 heteroatoms. The fraction of sp³-hybridized carbons (Fsp3) is 0.500. The molecule has 1 aromatic heterocycles. The number of oxazole rings is 1. The number of benzene rings is 1. The van der Waals surface area contributed by atoms with Gasteiger partial charge in [0.15, 0.2) is 5.58 Å². The summed E-state index contributed by atoms with van der Waals surface area (Å²) in [6.45, 7) is 2.04. The van der Waals surface area contributed by atoms with Crippen molar-refractivity contribution in [2.45, 2.75) is 6.54 Å². The van der Waals surface area contributed by atoms with Crippen molar-refractivity contribution in [2.24, 2.45) is 11.3 Å². The van der Waals surface area contributed by atoms with Gasteiger partial charge in [-0.05, 0) is 12.1 Å². The lowest BCUT2D eigenvalue weighted by Gasteiger charge is -2.24. The number of aliphatic hydroxyl groups is 1. The van der Waals surface area contributed by atoms with Crippen molar-refractivity contribution in [2.75, 3.05) is 32.9 Å². The van der Waals surface area contributed by atoms with Crippen LogP contribution < -0.4 is 5.76 Å². The zero-order valence-corrected chi connectivity index (χ0v) is 12.6. The summed E-state index contributed by atoms with van der Waals surface area (Å²) in [7, 11) is 0. The van der Waals surface area contributed by atoms with Gasteiger partial charge in [-0.15, -0.1) is 0 Å². The van der Waals surface area contributed by atoms with Gasteiger partial charge in [-0.1, -0.05) is 12.1 Å². The highest BCUT2D eigenvalue weighted by molar-refractivity contribution is 5.80. The van der Waals surface area contributed by atoms with E-state index in [4.69, 9.17) is 9.15 Å². The number of para-hydroxylation sites is 2. The standard InChI is InChI=1S/C16H18N2O5/c19-9-16-8-17(5-11(16)7-22-10-16)14(20)6-18-12-3-1-2-4-13(12)23-15(18)21/h1-4,11,19H,5-10H2/t11-,16-/m0/s1. The second kappa shape index (κ2) is 5.21. The summed E-state index contributed by atoms with van der Waals surface area (Å²) in [6.07, 6.45) is 0. The summed E-state index contributed by atoms with van der Waals surface area (Å²) in [5, 5.41) is 9.68. The van der Waals surface area contributed by atoms with Crippen LogP contribution >= 0.6 is 0 Å². The van der Waals surface area contributed by atoms with E-state index in [0.717, 1.165) is 0 Å². The number of hydrogen-bond donors (Lipinski definition) is 1. The lowest BCUT2D eigenvalue weighted by molar-refractivity contribution is -0.131. The zero-order chi connectivity index (χ0) is 16.0. The minimum atomic E-state index is -0.529. The number of carbonyl (C=O) groups is 1. The summed E-state index contributed by atoms with van der Waals surface area (Å²) < 4.78 is 12.0. The number of carbonyl (C=O) groups excluding carboxylic acids is 1. The maximum atomic E-state index is 12.6. The molecule has 0 saturated carbocycles. The quantitative estimate of drug-likeness (QED) is 0.865. The number of amides is 1. The Morgan fingerprint density at radius 1 is 1.39 bits per heavy atom. The maximum absolute atomic E-state index is 12.6. The third kappa shape index (κ3) is 2.19. The third-order valence-electron chi connectivity index (χ3n) is 5.06. The molecule has 0 spiro atoms. The predicted molar refractivity (Wildman–Crippen MR) is 80.9 cm³/mol. The van der Waals surface area contributed by atoms with E-state index in [-0.39, 0.29) is 30.4 Å². The van der Waals surface area contributed by atoms with Crippen molar-refractivity contribution in [1.29, 1.82) is 0 Å². The molecule has 4 rings (SSSR count). The first-order chi connectivity index (χ1) is 11.1. The number of aromatic nitrogens is 1. The Morgan fingerprint density at radius 3 is 3.00 bits per heavy atom. The number of ether oxygens (including phenoxy) is 1. The van der Waals surface area contributed by atoms with Gasteiger partial charge in [0.05, 0.1) is 25.3 Å². The van der Waals surface area contributed by atoms with Crippen LogP contribution in [-0.4, -0.2) is 53.4 Å². The third-order valence-corrected chi connectivity index (χ3v) is 5.06. The minimum Gasteiger partial charge on any atom is -0.408 e. The fourth-order valence-electron chi connectivity index (χ4n) is 3.64. The van der Waals surface area contributed by atoms with Gasteiger partial charge in [0.1, 0.15) is 6.54 Å². The summed E-state index contributed by atoms with van der Waals surface area (Å²) in [5.74, 6) is -0.505. The molecule has 2 aliphatic heterocycles. The second-order valence-electron chi connectivity index (χ2n) is 6.43. The lowest BCUT2D eigenvalue weighted by Crippen LogP contribution is -2.38. The summed E-state index contributed by atoms with van der Waals surface area (Å²) in [6, 6.07) is 7.05. The van der Waals surface area contributed by atoms with Crippen LogP contribution in [0.25, 0.3) is 11.1 Å². The van der Waals surface area contributed by atoms with Crippen LogP contribution in [-0.2, 0) is 16.1 Å². The maximum Gasteiger partial charge on any atom is 0.420 e. The van der Waals surface area contributed by atoms with Crippen LogP contribution in [0.2, 0.25) is 0 Å². The molecule has 0 unspecified atom stereocenters. The molecular formula is C16H18N2O5. The van der Waals surface area contributed by atoms with Crippen LogP contribution in [0.4, 0.5) is 0 Å². The fourth-order valence-corrected chi connectivity index (χ4v) is 3.64. The van der Waals surface area contributed by atoms with E-state index >= 15 is 0 Å². The van der Waals surface area contributed by atoms with E-state index in [1.807, 2.05) is 0 Å². The average Bonchev–Trinajstić information content (AvgIpc) is 3.18. The van der Waals surface area contributed by atoms with Crippen molar-refractivity contribution in [3.63, 3.8) is 0 Å². The monoisotopic (exact) mass is 318 g/mol. The first-order valence-corrected chi connectivity index (χ1v) is 7.68. The van der Waals surface area contributed by atoms with Gasteiger partial charge >= 0.3 is 5.76 Å². The summed E-state index contributed by atoms with van der Waals surface area (Å²) >= 11 is 0. The van der Waals surface area contributed by atoms with E-state index in [1.54, 1.807) is 29.2 Å². The molecule has 1 amide bonds. The molecule has 122 valence electrons. The van der Waals surface area contributed by atoms with Crippen molar-refractivity contribution in [3.05, 3.63) is 34.8 Å². The van der Waals surface area contributed by atoms with Gasteiger partial charge in [-0.2, -0.15) is 0 Å². The topological polar surface area (TPSA) is 84.9 Å². The van der Waals surface area contributed by atoms with Gasteiger partial charge in [0.2, 0.25) is 5.91 Å². The molecule has 0 aliphatic carbocycles. The molecule has 2 aromatic rings. The lowest BCUT2D eigenvalue weighted by atomic mass is 9.82. The minimum absolute atomic E-state index is 0.00996. The normalized spacial score (nSPS) is 26.8. The van der Waals surface area contributed by atoms with Gasteiger partial charge in [0, 0.05) is 24.4 Å². The highest BCUT2D eigenvalue weighted by atomic mass is 16.5. The molecule has 0 bridgehead atoms. The van der Waals surface area contributed by atoms with Crippen LogP contribution in [0.15, 0.2) is 33.5 Å². The molecule has 1 aromatic carbocycles. The first kappa shape index (κ1) is 14.5. The van der Waals surface area contributed by atoms with Crippen molar-refractivity contribution >= 4 is 17.0 Å². The van der Waals surface area contributed by atoms with Gasteiger partial charge < -0.3 is 19.2 Å². The number of nitrogens with zero attached hydrogens (tertiary/aromatic N) is 2. The molecule has 2 atom stereocenters. The molecule has 1 N–H and O–H groups in total. The molecule has 7 nitrogen and oxygen atoms in total. The Kier molecular flexibility index (Phi) is 3.28. The van der Waals surface area contributed by atoms with E-state index in [1.165, 1.54) is 4.57 Å². The average molecular weight is 318 g/mol. The molecule has 0 radical (unpaired) electrons. The van der Waals surface area contributed by atoms with Gasteiger partial charge in [-0.3, -0.25) is 9.36 Å².